The van der Waals surface area contributed by atoms with Crippen molar-refractivity contribution in [2.24, 2.45) is 12.8 Å². The second kappa shape index (κ2) is 8.21. The molecule has 4 aromatic rings. The zero-order valence-electron chi connectivity index (χ0n) is 20.5. The first-order valence-corrected chi connectivity index (χ1v) is 12.3. The van der Waals surface area contributed by atoms with Gasteiger partial charge in [-0.15, -0.1) is 0 Å². The Morgan fingerprint density at radius 3 is 2.31 bits per heavy atom. The Bertz CT molecular complexity index is 1440. The van der Waals surface area contributed by atoms with E-state index in [4.69, 9.17) is 15.5 Å². The molecule has 0 atom stereocenters. The maximum atomic E-state index is 6.78. The van der Waals surface area contributed by atoms with E-state index < -0.39 is 0 Å². The first-order chi connectivity index (χ1) is 16.9. The summed E-state index contributed by atoms with van der Waals surface area (Å²) < 4.78 is 8.68. The molecule has 6 rings (SSSR count). The molecule has 3 heterocycles. The zero-order valence-corrected chi connectivity index (χ0v) is 20.5. The van der Waals surface area contributed by atoms with Crippen LogP contribution in [0.5, 0.6) is 5.75 Å². The van der Waals surface area contributed by atoms with Crippen molar-refractivity contribution in [2.45, 2.75) is 45.1 Å². The highest BCUT2D eigenvalue weighted by Crippen LogP contribution is 2.45. The van der Waals surface area contributed by atoms with E-state index in [1.54, 1.807) is 0 Å². The van der Waals surface area contributed by atoms with Crippen LogP contribution in [0.2, 0.25) is 0 Å². The molecule has 2 N–H and O–H groups in total. The van der Waals surface area contributed by atoms with Gasteiger partial charge in [0, 0.05) is 53.2 Å². The number of fused-ring (bicyclic) bond motifs is 1. The van der Waals surface area contributed by atoms with Gasteiger partial charge in [-0.25, -0.2) is 0 Å². The monoisotopic (exact) mass is 462 g/mol. The van der Waals surface area contributed by atoms with Crippen molar-refractivity contribution >= 4 is 11.3 Å². The van der Waals surface area contributed by atoms with Crippen LogP contribution in [0.15, 0.2) is 66.9 Å². The van der Waals surface area contributed by atoms with Crippen molar-refractivity contribution in [3.63, 3.8) is 0 Å². The van der Waals surface area contributed by atoms with Gasteiger partial charge in [0.25, 0.3) is 0 Å². The number of rotatable bonds is 4. The molecule has 1 aliphatic heterocycles. The molecule has 0 bridgehead atoms. The zero-order chi connectivity index (χ0) is 24.2. The van der Waals surface area contributed by atoms with Gasteiger partial charge in [0.1, 0.15) is 11.5 Å². The quantitative estimate of drug-likeness (QED) is 0.408. The molecule has 0 amide bonds. The highest BCUT2D eigenvalue weighted by atomic mass is 16.5. The van der Waals surface area contributed by atoms with E-state index >= 15 is 0 Å². The first kappa shape index (κ1) is 21.8. The highest BCUT2D eigenvalue weighted by molar-refractivity contribution is 5.93. The van der Waals surface area contributed by atoms with Crippen LogP contribution >= 0.6 is 0 Å². The van der Waals surface area contributed by atoms with Gasteiger partial charge in [-0.05, 0) is 50.3 Å². The van der Waals surface area contributed by atoms with Gasteiger partial charge in [-0.1, -0.05) is 54.6 Å². The number of ether oxygens (including phenoxy) is 1. The Kier molecular flexibility index (Phi) is 5.11. The van der Waals surface area contributed by atoms with Gasteiger partial charge < -0.3 is 10.5 Å². The molecular weight excluding hydrogens is 432 g/mol. The molecule has 176 valence electrons. The molecule has 5 nitrogen and oxygen atoms in total. The Morgan fingerprint density at radius 1 is 0.943 bits per heavy atom. The summed E-state index contributed by atoms with van der Waals surface area (Å²) in [5, 5.41) is 4.61. The average molecular weight is 463 g/mol. The SMILES string of the molecule is Cc1nn(C)c(C)c1-c1nccc2c1OC(c1ccccc1)=C(c1ccc(C3(N)CCC3)cc1)C2. The molecule has 2 aromatic heterocycles. The number of nitrogens with zero attached hydrogens (tertiary/aromatic N) is 3. The summed E-state index contributed by atoms with van der Waals surface area (Å²) >= 11 is 0. The lowest BCUT2D eigenvalue weighted by molar-refractivity contribution is 0.253. The number of pyridine rings is 1. The fourth-order valence-corrected chi connectivity index (χ4v) is 5.38. The van der Waals surface area contributed by atoms with E-state index in [1.165, 1.54) is 17.6 Å². The van der Waals surface area contributed by atoms with Gasteiger partial charge in [0.2, 0.25) is 0 Å². The van der Waals surface area contributed by atoms with Crippen molar-refractivity contribution < 1.29 is 4.74 Å². The summed E-state index contributed by atoms with van der Waals surface area (Å²) in [5.74, 6) is 1.70. The lowest BCUT2D eigenvalue weighted by Crippen LogP contribution is -2.43. The molecule has 2 aromatic carbocycles. The minimum atomic E-state index is -0.162. The van der Waals surface area contributed by atoms with Crippen molar-refractivity contribution in [3.05, 3.63) is 101 Å². The molecule has 0 unspecified atom stereocenters. The normalized spacial score (nSPS) is 16.5. The Morgan fingerprint density at radius 2 is 1.69 bits per heavy atom. The van der Waals surface area contributed by atoms with Crippen molar-refractivity contribution in [1.82, 2.24) is 14.8 Å². The minimum absolute atomic E-state index is 0.162. The van der Waals surface area contributed by atoms with Gasteiger partial charge >= 0.3 is 0 Å². The smallest absolute Gasteiger partial charge is 0.157 e. The fourth-order valence-electron chi connectivity index (χ4n) is 5.38. The summed E-state index contributed by atoms with van der Waals surface area (Å²) in [6, 6.07) is 21.2. The van der Waals surface area contributed by atoms with Gasteiger partial charge in [0.05, 0.1) is 5.69 Å². The third-order valence-electron chi connectivity index (χ3n) is 7.67. The Balaban J connectivity index is 1.48. The largest absolute Gasteiger partial charge is 0.454 e. The molecule has 0 spiro atoms. The Hall–Kier alpha value is -3.70. The number of aryl methyl sites for hydroxylation is 2. The predicted octanol–water partition coefficient (Wildman–Crippen LogP) is 5.94. The van der Waals surface area contributed by atoms with Crippen LogP contribution in [0.25, 0.3) is 22.6 Å². The molecule has 0 saturated heterocycles. The van der Waals surface area contributed by atoms with Crippen molar-refractivity contribution in [1.29, 1.82) is 0 Å². The van der Waals surface area contributed by atoms with Crippen LogP contribution in [0.1, 0.15) is 52.9 Å². The summed E-state index contributed by atoms with van der Waals surface area (Å²) in [6.45, 7) is 4.10. The van der Waals surface area contributed by atoms with Crippen LogP contribution in [0.3, 0.4) is 0 Å². The third-order valence-corrected chi connectivity index (χ3v) is 7.67. The van der Waals surface area contributed by atoms with Crippen LogP contribution < -0.4 is 10.5 Å². The van der Waals surface area contributed by atoms with E-state index in [1.807, 2.05) is 30.9 Å². The summed E-state index contributed by atoms with van der Waals surface area (Å²) in [7, 11) is 1.97. The van der Waals surface area contributed by atoms with E-state index in [0.717, 1.165) is 70.1 Å². The maximum absolute atomic E-state index is 6.78. The fraction of sp³-hybridized carbons (Fsp3) is 0.267. The molecule has 1 saturated carbocycles. The average Bonchev–Trinajstić information content (AvgIpc) is 3.12. The van der Waals surface area contributed by atoms with Crippen LogP contribution in [0, 0.1) is 13.8 Å². The lowest BCUT2D eigenvalue weighted by Gasteiger charge is -2.38. The number of hydrogen-bond acceptors (Lipinski definition) is 4. The van der Waals surface area contributed by atoms with Crippen LogP contribution in [-0.4, -0.2) is 14.8 Å². The lowest BCUT2D eigenvalue weighted by atomic mass is 9.72. The third kappa shape index (κ3) is 3.58. The highest BCUT2D eigenvalue weighted by Gasteiger charge is 2.34. The van der Waals surface area contributed by atoms with Crippen molar-refractivity contribution in [2.75, 3.05) is 0 Å². The summed E-state index contributed by atoms with van der Waals surface area (Å²) in [4.78, 5) is 4.76. The number of hydrogen-bond donors (Lipinski definition) is 1. The molecule has 2 aliphatic rings. The second-order valence-electron chi connectivity index (χ2n) is 9.86. The first-order valence-electron chi connectivity index (χ1n) is 12.3. The van der Waals surface area contributed by atoms with E-state index in [0.29, 0.717) is 0 Å². The van der Waals surface area contributed by atoms with Crippen LogP contribution in [0.4, 0.5) is 0 Å². The molecular formula is C30H30N4O. The van der Waals surface area contributed by atoms with Gasteiger partial charge in [-0.2, -0.15) is 5.10 Å². The van der Waals surface area contributed by atoms with Gasteiger partial charge in [0.15, 0.2) is 5.75 Å². The molecule has 35 heavy (non-hydrogen) atoms. The number of aromatic nitrogens is 3. The standard InChI is InChI=1S/C30H30N4O/c1-19-26(20(2)34(3)33-19)27-29-23(14-17-32-27)18-25(28(35-29)22-8-5-4-6-9-22)21-10-12-24(13-11-21)30(31)15-7-16-30/h4-6,8-14,17H,7,15-16,18,31H2,1-3H3. The molecule has 5 heteroatoms. The summed E-state index contributed by atoms with van der Waals surface area (Å²) in [6.07, 6.45) is 5.97. The maximum Gasteiger partial charge on any atom is 0.157 e. The van der Waals surface area contributed by atoms with Crippen molar-refractivity contribution in [3.8, 4) is 17.0 Å². The Labute approximate surface area is 206 Å². The number of benzene rings is 2. The minimum Gasteiger partial charge on any atom is -0.454 e. The number of allylic oxidation sites excluding steroid dienone is 1. The van der Waals surface area contributed by atoms with E-state index in [-0.39, 0.29) is 5.54 Å². The molecule has 1 fully saturated rings. The van der Waals surface area contributed by atoms with Gasteiger partial charge in [-0.3, -0.25) is 9.67 Å². The predicted molar refractivity (Wildman–Crippen MR) is 140 cm³/mol. The van der Waals surface area contributed by atoms with E-state index in [2.05, 4.69) is 66.6 Å². The second-order valence-corrected chi connectivity index (χ2v) is 9.86. The topological polar surface area (TPSA) is 66.0 Å². The van der Waals surface area contributed by atoms with E-state index in [9.17, 15) is 0 Å². The molecule has 0 radical (unpaired) electrons. The number of nitrogens with two attached hydrogens (primary N) is 1. The van der Waals surface area contributed by atoms with Crippen LogP contribution in [-0.2, 0) is 19.0 Å². The summed E-state index contributed by atoms with van der Waals surface area (Å²) in [5.41, 5.74) is 16.1. The molecule has 1 aliphatic carbocycles.